The largest absolute Gasteiger partial charge is 0.491 e. The number of ether oxygens (including phenoxy) is 1. The molecule has 3 rings (SSSR count). The molecule has 2 aromatic carbocycles. The van der Waals surface area contributed by atoms with E-state index in [1.54, 1.807) is 0 Å². The Morgan fingerprint density at radius 3 is 2.17 bits per heavy atom. The zero-order valence-electron chi connectivity index (χ0n) is 18.0. The highest BCUT2D eigenvalue weighted by molar-refractivity contribution is 5.80. The number of aryl methyl sites for hydroxylation is 1. The second-order valence-electron chi connectivity index (χ2n) is 8.09. The van der Waals surface area contributed by atoms with E-state index in [1.165, 1.54) is 5.56 Å². The lowest BCUT2D eigenvalue weighted by molar-refractivity contribution is -0.139. The van der Waals surface area contributed by atoms with Gasteiger partial charge in [0.2, 0.25) is 11.8 Å². The Kier molecular flexibility index (Phi) is 7.89. The summed E-state index contributed by atoms with van der Waals surface area (Å²) in [6, 6.07) is 18.0. The van der Waals surface area contributed by atoms with E-state index in [9.17, 15) is 9.59 Å². The van der Waals surface area contributed by atoms with E-state index >= 15 is 0 Å². The Hall–Kier alpha value is -2.82. The fourth-order valence-corrected chi connectivity index (χ4v) is 3.74. The van der Waals surface area contributed by atoms with Crippen LogP contribution >= 0.6 is 0 Å². The standard InChI is InChI=1S/C25H32N2O3/c1-20(2)30-23-12-6-11-22(18-23)19-25(29)27-16-14-26(15-17-27)24(28)13-7-10-21-8-4-3-5-9-21/h3-6,8-9,11-12,18,20H,7,10,13-17,19H2,1-2H3. The third-order valence-electron chi connectivity index (χ3n) is 5.31. The Balaban J connectivity index is 1.41. The lowest BCUT2D eigenvalue weighted by Crippen LogP contribution is -2.51. The van der Waals surface area contributed by atoms with Crippen molar-refractivity contribution < 1.29 is 14.3 Å². The molecule has 160 valence electrons. The van der Waals surface area contributed by atoms with Crippen LogP contribution in [0, 0.1) is 0 Å². The van der Waals surface area contributed by atoms with Crippen molar-refractivity contribution in [2.24, 2.45) is 0 Å². The van der Waals surface area contributed by atoms with Gasteiger partial charge in [0.05, 0.1) is 12.5 Å². The fraction of sp³-hybridized carbons (Fsp3) is 0.440. The van der Waals surface area contributed by atoms with Crippen molar-refractivity contribution in [3.8, 4) is 5.75 Å². The predicted molar refractivity (Wildman–Crippen MR) is 118 cm³/mol. The molecule has 0 spiro atoms. The van der Waals surface area contributed by atoms with Gasteiger partial charge in [0.1, 0.15) is 5.75 Å². The monoisotopic (exact) mass is 408 g/mol. The molecule has 1 aliphatic rings. The van der Waals surface area contributed by atoms with Gasteiger partial charge >= 0.3 is 0 Å². The summed E-state index contributed by atoms with van der Waals surface area (Å²) in [7, 11) is 0. The first kappa shape index (κ1) is 21.9. The summed E-state index contributed by atoms with van der Waals surface area (Å²) < 4.78 is 5.71. The Morgan fingerprint density at radius 2 is 1.50 bits per heavy atom. The van der Waals surface area contributed by atoms with E-state index in [0.29, 0.717) is 39.0 Å². The van der Waals surface area contributed by atoms with Crippen LogP contribution < -0.4 is 4.74 Å². The first-order valence-corrected chi connectivity index (χ1v) is 10.9. The van der Waals surface area contributed by atoms with E-state index in [0.717, 1.165) is 24.2 Å². The molecule has 0 radical (unpaired) electrons. The second kappa shape index (κ2) is 10.8. The van der Waals surface area contributed by atoms with Gasteiger partial charge in [0.25, 0.3) is 0 Å². The van der Waals surface area contributed by atoms with E-state index in [4.69, 9.17) is 4.74 Å². The summed E-state index contributed by atoms with van der Waals surface area (Å²) in [5.74, 6) is 1.09. The smallest absolute Gasteiger partial charge is 0.227 e. The minimum Gasteiger partial charge on any atom is -0.491 e. The van der Waals surface area contributed by atoms with Gasteiger partial charge in [-0.3, -0.25) is 9.59 Å². The molecule has 30 heavy (non-hydrogen) atoms. The molecule has 0 bridgehead atoms. The van der Waals surface area contributed by atoms with Crippen LogP contribution in [0.3, 0.4) is 0 Å². The minimum absolute atomic E-state index is 0.105. The van der Waals surface area contributed by atoms with Gasteiger partial charge in [-0.2, -0.15) is 0 Å². The van der Waals surface area contributed by atoms with Crippen LogP contribution in [-0.4, -0.2) is 53.9 Å². The Bertz CT molecular complexity index is 827. The average molecular weight is 409 g/mol. The molecule has 0 N–H and O–H groups in total. The summed E-state index contributed by atoms with van der Waals surface area (Å²) in [6.07, 6.45) is 2.81. The molecule has 5 nitrogen and oxygen atoms in total. The van der Waals surface area contributed by atoms with Crippen molar-refractivity contribution in [3.63, 3.8) is 0 Å². The van der Waals surface area contributed by atoms with E-state index in [2.05, 4.69) is 12.1 Å². The van der Waals surface area contributed by atoms with E-state index in [1.807, 2.05) is 66.1 Å². The van der Waals surface area contributed by atoms with Gasteiger partial charge in [-0.25, -0.2) is 0 Å². The summed E-state index contributed by atoms with van der Waals surface area (Å²) in [6.45, 7) is 6.41. The molecule has 5 heteroatoms. The lowest BCUT2D eigenvalue weighted by Gasteiger charge is -2.35. The Morgan fingerprint density at radius 1 is 0.867 bits per heavy atom. The number of piperazine rings is 1. The van der Waals surface area contributed by atoms with Crippen LogP contribution in [0.15, 0.2) is 54.6 Å². The number of carbonyl (C=O) groups is 2. The number of hydrogen-bond acceptors (Lipinski definition) is 3. The first-order chi connectivity index (χ1) is 14.5. The third kappa shape index (κ3) is 6.61. The molecule has 1 aliphatic heterocycles. The quantitative estimate of drug-likeness (QED) is 0.669. The number of nitrogens with zero attached hydrogens (tertiary/aromatic N) is 2. The zero-order valence-corrected chi connectivity index (χ0v) is 18.0. The van der Waals surface area contributed by atoms with Crippen molar-refractivity contribution in [1.82, 2.24) is 9.80 Å². The molecule has 1 saturated heterocycles. The maximum atomic E-state index is 12.7. The van der Waals surface area contributed by atoms with E-state index < -0.39 is 0 Å². The fourth-order valence-electron chi connectivity index (χ4n) is 3.74. The zero-order chi connectivity index (χ0) is 21.3. The van der Waals surface area contributed by atoms with Gasteiger partial charge in [-0.15, -0.1) is 0 Å². The summed E-state index contributed by atoms with van der Waals surface area (Å²) in [5, 5.41) is 0. The minimum atomic E-state index is 0.105. The summed E-state index contributed by atoms with van der Waals surface area (Å²) in [4.78, 5) is 28.9. The third-order valence-corrected chi connectivity index (χ3v) is 5.31. The van der Waals surface area contributed by atoms with Gasteiger partial charge in [-0.1, -0.05) is 42.5 Å². The van der Waals surface area contributed by atoms with Crippen molar-refractivity contribution in [3.05, 3.63) is 65.7 Å². The molecule has 0 atom stereocenters. The number of hydrogen-bond donors (Lipinski definition) is 0. The molecule has 2 amide bonds. The molecular formula is C25H32N2O3. The average Bonchev–Trinajstić information content (AvgIpc) is 2.74. The lowest BCUT2D eigenvalue weighted by atomic mass is 10.1. The highest BCUT2D eigenvalue weighted by Gasteiger charge is 2.23. The van der Waals surface area contributed by atoms with Gasteiger partial charge in [-0.05, 0) is 49.9 Å². The van der Waals surface area contributed by atoms with Gasteiger partial charge in [0, 0.05) is 32.6 Å². The molecule has 0 unspecified atom stereocenters. The summed E-state index contributed by atoms with van der Waals surface area (Å²) in [5.41, 5.74) is 2.22. The molecule has 1 fully saturated rings. The van der Waals surface area contributed by atoms with Crippen LogP contribution in [0.4, 0.5) is 0 Å². The van der Waals surface area contributed by atoms with Crippen LogP contribution in [0.5, 0.6) is 5.75 Å². The molecule has 2 aromatic rings. The highest BCUT2D eigenvalue weighted by Crippen LogP contribution is 2.17. The molecule has 1 heterocycles. The van der Waals surface area contributed by atoms with Crippen LogP contribution in [0.25, 0.3) is 0 Å². The normalized spacial score (nSPS) is 14.1. The van der Waals surface area contributed by atoms with Gasteiger partial charge in [0.15, 0.2) is 0 Å². The molecule has 0 saturated carbocycles. The van der Waals surface area contributed by atoms with E-state index in [-0.39, 0.29) is 17.9 Å². The summed E-state index contributed by atoms with van der Waals surface area (Å²) >= 11 is 0. The SMILES string of the molecule is CC(C)Oc1cccc(CC(=O)N2CCN(C(=O)CCCc3ccccc3)CC2)c1. The number of benzene rings is 2. The number of carbonyl (C=O) groups excluding carboxylic acids is 2. The van der Waals surface area contributed by atoms with Crippen molar-refractivity contribution in [2.75, 3.05) is 26.2 Å². The van der Waals surface area contributed by atoms with Crippen LogP contribution in [0.1, 0.15) is 37.8 Å². The van der Waals surface area contributed by atoms with Crippen LogP contribution in [0.2, 0.25) is 0 Å². The van der Waals surface area contributed by atoms with Crippen molar-refractivity contribution >= 4 is 11.8 Å². The molecular weight excluding hydrogens is 376 g/mol. The maximum Gasteiger partial charge on any atom is 0.227 e. The highest BCUT2D eigenvalue weighted by atomic mass is 16.5. The number of rotatable bonds is 8. The van der Waals surface area contributed by atoms with Gasteiger partial charge < -0.3 is 14.5 Å². The predicted octanol–water partition coefficient (Wildman–Crippen LogP) is 3.71. The molecule has 0 aromatic heterocycles. The Labute approximate surface area is 179 Å². The maximum absolute atomic E-state index is 12.7. The second-order valence-corrected chi connectivity index (χ2v) is 8.09. The topological polar surface area (TPSA) is 49.9 Å². The number of amides is 2. The molecule has 0 aliphatic carbocycles. The van der Waals surface area contributed by atoms with Crippen molar-refractivity contribution in [2.45, 2.75) is 45.6 Å². The van der Waals surface area contributed by atoms with Crippen molar-refractivity contribution in [1.29, 1.82) is 0 Å². The van der Waals surface area contributed by atoms with Crippen LogP contribution in [-0.2, 0) is 22.4 Å². The first-order valence-electron chi connectivity index (χ1n) is 10.9.